The molecule has 0 aliphatic heterocycles. The van der Waals surface area contributed by atoms with Gasteiger partial charge in [-0.3, -0.25) is 4.79 Å². The summed E-state index contributed by atoms with van der Waals surface area (Å²) in [5.74, 6) is 0.283. The summed E-state index contributed by atoms with van der Waals surface area (Å²) in [5.41, 5.74) is 0.657. The summed E-state index contributed by atoms with van der Waals surface area (Å²) in [6, 6.07) is 3.28. The molecule has 2 unspecified atom stereocenters. The Labute approximate surface area is 113 Å². The van der Waals surface area contributed by atoms with Gasteiger partial charge in [0, 0.05) is 24.1 Å². The maximum atomic E-state index is 11.0. The van der Waals surface area contributed by atoms with Crippen LogP contribution in [-0.2, 0) is 0 Å². The first-order valence-electron chi connectivity index (χ1n) is 6.92. The van der Waals surface area contributed by atoms with Gasteiger partial charge in [0.25, 0.3) is 5.56 Å². The van der Waals surface area contributed by atoms with E-state index in [1.54, 1.807) is 6.07 Å². The van der Waals surface area contributed by atoms with Gasteiger partial charge in [-0.2, -0.15) is 5.10 Å². The molecule has 2 rings (SSSR count). The van der Waals surface area contributed by atoms with Crippen LogP contribution >= 0.6 is 0 Å². The number of rotatable bonds is 6. The maximum absolute atomic E-state index is 11.0. The largest absolute Gasteiger partial charge is 0.392 e. The van der Waals surface area contributed by atoms with Crippen molar-refractivity contribution in [3.05, 3.63) is 28.2 Å². The van der Waals surface area contributed by atoms with Crippen molar-refractivity contribution < 1.29 is 5.11 Å². The number of aliphatic hydroxyl groups excluding tert-OH is 1. The molecule has 0 spiro atoms. The van der Waals surface area contributed by atoms with E-state index in [-0.39, 0.29) is 29.0 Å². The zero-order chi connectivity index (χ0) is 14.0. The summed E-state index contributed by atoms with van der Waals surface area (Å²) < 4.78 is 0. The molecule has 19 heavy (non-hydrogen) atoms. The monoisotopic (exact) mass is 265 g/mol. The van der Waals surface area contributed by atoms with Crippen LogP contribution in [0.3, 0.4) is 0 Å². The van der Waals surface area contributed by atoms with Crippen molar-refractivity contribution in [2.75, 3.05) is 6.54 Å². The number of aliphatic hydroxyl groups is 1. The number of hydrogen-bond donors (Lipinski definition) is 3. The fraction of sp³-hybridized carbons (Fsp3) is 0.714. The number of H-pyrrole nitrogens is 1. The number of aromatic amines is 1. The van der Waals surface area contributed by atoms with Gasteiger partial charge >= 0.3 is 0 Å². The van der Waals surface area contributed by atoms with Crippen molar-refractivity contribution in [3.63, 3.8) is 0 Å². The van der Waals surface area contributed by atoms with E-state index >= 15 is 0 Å². The Kier molecular flexibility index (Phi) is 4.06. The van der Waals surface area contributed by atoms with Crippen LogP contribution in [0, 0.1) is 11.3 Å². The molecule has 106 valence electrons. The van der Waals surface area contributed by atoms with E-state index < -0.39 is 0 Å². The predicted molar refractivity (Wildman–Crippen MR) is 73.8 cm³/mol. The Morgan fingerprint density at radius 3 is 2.58 bits per heavy atom. The van der Waals surface area contributed by atoms with E-state index in [2.05, 4.69) is 29.4 Å². The zero-order valence-electron chi connectivity index (χ0n) is 11.8. The molecule has 0 bridgehead atoms. The van der Waals surface area contributed by atoms with Crippen molar-refractivity contribution in [3.8, 4) is 0 Å². The second-order valence-corrected chi connectivity index (χ2v) is 6.00. The predicted octanol–water partition coefficient (Wildman–Crippen LogP) is 1.22. The molecule has 1 aliphatic carbocycles. The molecular formula is C14H23N3O2. The average molecular weight is 265 g/mol. The lowest BCUT2D eigenvalue weighted by Crippen LogP contribution is -2.37. The SMILES string of the molecule is CC(NCC1(C(O)C(C)C)CC1)c1ccc(=O)[nH]n1. The van der Waals surface area contributed by atoms with Crippen LogP contribution in [0.5, 0.6) is 0 Å². The highest BCUT2D eigenvalue weighted by Crippen LogP contribution is 2.50. The molecule has 5 heteroatoms. The van der Waals surface area contributed by atoms with Gasteiger partial charge in [0.15, 0.2) is 0 Å². The standard InChI is InChI=1S/C14H23N3O2/c1-9(2)13(19)14(6-7-14)8-15-10(3)11-4-5-12(18)17-16-11/h4-5,9-10,13,15,19H,6-8H2,1-3H3,(H,17,18). The Hall–Kier alpha value is -1.20. The summed E-state index contributed by atoms with van der Waals surface area (Å²) in [4.78, 5) is 11.0. The molecule has 1 aromatic heterocycles. The third-order valence-corrected chi connectivity index (χ3v) is 4.06. The minimum Gasteiger partial charge on any atom is -0.392 e. The van der Waals surface area contributed by atoms with E-state index in [9.17, 15) is 9.90 Å². The quantitative estimate of drug-likeness (QED) is 0.722. The molecular weight excluding hydrogens is 242 g/mol. The van der Waals surface area contributed by atoms with Gasteiger partial charge in [0.05, 0.1) is 11.8 Å². The topological polar surface area (TPSA) is 78.0 Å². The molecule has 1 fully saturated rings. The van der Waals surface area contributed by atoms with E-state index in [4.69, 9.17) is 0 Å². The Morgan fingerprint density at radius 1 is 1.42 bits per heavy atom. The molecule has 0 aromatic carbocycles. The van der Waals surface area contributed by atoms with Gasteiger partial charge in [0.2, 0.25) is 0 Å². The van der Waals surface area contributed by atoms with E-state index in [0.717, 1.165) is 25.1 Å². The van der Waals surface area contributed by atoms with Gasteiger partial charge in [0.1, 0.15) is 0 Å². The van der Waals surface area contributed by atoms with Crippen LogP contribution in [0.1, 0.15) is 45.3 Å². The van der Waals surface area contributed by atoms with Crippen LogP contribution in [0.4, 0.5) is 0 Å². The van der Waals surface area contributed by atoms with Gasteiger partial charge in [-0.15, -0.1) is 0 Å². The lowest BCUT2D eigenvalue weighted by Gasteiger charge is -2.27. The molecule has 0 radical (unpaired) electrons. The first-order valence-corrected chi connectivity index (χ1v) is 6.92. The highest BCUT2D eigenvalue weighted by atomic mass is 16.3. The molecule has 2 atom stereocenters. The fourth-order valence-corrected chi connectivity index (χ4v) is 2.50. The minimum absolute atomic E-state index is 0.0324. The Bertz CT molecular complexity index is 459. The van der Waals surface area contributed by atoms with Crippen LogP contribution in [0.25, 0.3) is 0 Å². The number of aromatic nitrogens is 2. The molecule has 3 N–H and O–H groups in total. The summed E-state index contributed by atoms with van der Waals surface area (Å²) in [6.07, 6.45) is 1.90. The van der Waals surface area contributed by atoms with Crippen molar-refractivity contribution in [2.24, 2.45) is 11.3 Å². The summed E-state index contributed by atoms with van der Waals surface area (Å²) in [7, 11) is 0. The normalized spacial score (nSPS) is 20.3. The molecule has 1 aromatic rings. The summed E-state index contributed by atoms with van der Waals surface area (Å²) in [6.45, 7) is 6.90. The molecule has 5 nitrogen and oxygen atoms in total. The van der Waals surface area contributed by atoms with Crippen LogP contribution in [0.15, 0.2) is 16.9 Å². The van der Waals surface area contributed by atoms with Gasteiger partial charge < -0.3 is 10.4 Å². The first-order chi connectivity index (χ1) is 8.94. The van der Waals surface area contributed by atoms with Crippen LogP contribution < -0.4 is 10.9 Å². The van der Waals surface area contributed by atoms with Crippen molar-refractivity contribution in [1.82, 2.24) is 15.5 Å². The third-order valence-electron chi connectivity index (χ3n) is 4.06. The lowest BCUT2D eigenvalue weighted by molar-refractivity contribution is 0.0491. The second-order valence-electron chi connectivity index (χ2n) is 6.00. The van der Waals surface area contributed by atoms with E-state index in [1.165, 1.54) is 6.07 Å². The molecule has 1 heterocycles. The van der Waals surface area contributed by atoms with E-state index in [0.29, 0.717) is 0 Å². The van der Waals surface area contributed by atoms with Crippen LogP contribution in [-0.4, -0.2) is 28.0 Å². The van der Waals surface area contributed by atoms with Gasteiger partial charge in [-0.05, 0) is 31.7 Å². The number of nitrogens with zero attached hydrogens (tertiary/aromatic N) is 1. The van der Waals surface area contributed by atoms with Gasteiger partial charge in [-0.25, -0.2) is 5.10 Å². The first kappa shape index (κ1) is 14.2. The minimum atomic E-state index is -0.254. The van der Waals surface area contributed by atoms with Gasteiger partial charge in [-0.1, -0.05) is 13.8 Å². The van der Waals surface area contributed by atoms with E-state index in [1.807, 2.05) is 6.92 Å². The molecule has 0 amide bonds. The average Bonchev–Trinajstić information content (AvgIpc) is 3.17. The Morgan fingerprint density at radius 2 is 2.11 bits per heavy atom. The number of hydrogen-bond acceptors (Lipinski definition) is 4. The zero-order valence-corrected chi connectivity index (χ0v) is 11.8. The second kappa shape index (κ2) is 5.43. The fourth-order valence-electron chi connectivity index (χ4n) is 2.50. The molecule has 0 saturated heterocycles. The highest BCUT2D eigenvalue weighted by molar-refractivity contribution is 5.07. The van der Waals surface area contributed by atoms with Crippen molar-refractivity contribution in [2.45, 2.75) is 45.8 Å². The maximum Gasteiger partial charge on any atom is 0.264 e. The summed E-state index contributed by atoms with van der Waals surface area (Å²) >= 11 is 0. The Balaban J connectivity index is 1.92. The highest BCUT2D eigenvalue weighted by Gasteiger charge is 2.49. The molecule has 1 saturated carbocycles. The smallest absolute Gasteiger partial charge is 0.264 e. The number of nitrogens with one attached hydrogen (secondary N) is 2. The lowest BCUT2D eigenvalue weighted by atomic mass is 9.90. The summed E-state index contributed by atoms with van der Waals surface area (Å²) in [5, 5.41) is 20.1. The van der Waals surface area contributed by atoms with Crippen molar-refractivity contribution >= 4 is 0 Å². The van der Waals surface area contributed by atoms with Crippen molar-refractivity contribution in [1.29, 1.82) is 0 Å². The van der Waals surface area contributed by atoms with Crippen LogP contribution in [0.2, 0.25) is 0 Å². The third kappa shape index (κ3) is 3.22. The molecule has 1 aliphatic rings.